The van der Waals surface area contributed by atoms with Gasteiger partial charge in [0.25, 0.3) is 0 Å². The number of ether oxygens (including phenoxy) is 1. The maximum Gasteiger partial charge on any atom is 0.234 e. The van der Waals surface area contributed by atoms with Crippen LogP contribution in [0.1, 0.15) is 11.3 Å². The van der Waals surface area contributed by atoms with E-state index in [1.54, 1.807) is 18.7 Å². The number of thioether (sulfide) groups is 1. The predicted octanol–water partition coefficient (Wildman–Crippen LogP) is 4.12. The third-order valence-electron chi connectivity index (χ3n) is 3.32. The molecular formula is C19H18N2O3S. The molecule has 0 bridgehead atoms. The van der Waals surface area contributed by atoms with Crippen LogP contribution < -0.4 is 5.32 Å². The molecule has 1 aromatic carbocycles. The van der Waals surface area contributed by atoms with E-state index < -0.39 is 0 Å². The molecule has 0 radical (unpaired) electrons. The van der Waals surface area contributed by atoms with Crippen molar-refractivity contribution in [1.82, 2.24) is 4.98 Å². The van der Waals surface area contributed by atoms with E-state index in [-0.39, 0.29) is 5.91 Å². The lowest BCUT2D eigenvalue weighted by molar-refractivity contribution is -0.113. The van der Waals surface area contributed by atoms with Crippen LogP contribution in [0.2, 0.25) is 0 Å². The fourth-order valence-corrected chi connectivity index (χ4v) is 2.87. The van der Waals surface area contributed by atoms with Gasteiger partial charge < -0.3 is 14.5 Å². The molecule has 128 valence electrons. The maximum absolute atomic E-state index is 12.1. The van der Waals surface area contributed by atoms with Crippen LogP contribution in [0.4, 0.5) is 5.69 Å². The molecule has 25 heavy (non-hydrogen) atoms. The average Bonchev–Trinajstić information content (AvgIpc) is 3.15. The van der Waals surface area contributed by atoms with Crippen LogP contribution in [0.25, 0.3) is 0 Å². The first-order valence-electron chi connectivity index (χ1n) is 7.81. The van der Waals surface area contributed by atoms with Crippen LogP contribution >= 0.6 is 11.8 Å². The van der Waals surface area contributed by atoms with Crippen molar-refractivity contribution in [1.29, 1.82) is 0 Å². The van der Waals surface area contributed by atoms with Crippen molar-refractivity contribution < 1.29 is 13.9 Å². The summed E-state index contributed by atoms with van der Waals surface area (Å²) in [6, 6.07) is 15.1. The fourth-order valence-electron chi connectivity index (χ4n) is 2.18. The number of furan rings is 1. The van der Waals surface area contributed by atoms with Crippen molar-refractivity contribution in [3.05, 3.63) is 78.5 Å². The molecule has 5 nitrogen and oxygen atoms in total. The van der Waals surface area contributed by atoms with Gasteiger partial charge in [-0.2, -0.15) is 0 Å². The molecule has 2 aromatic heterocycles. The minimum Gasteiger partial charge on any atom is -0.467 e. The van der Waals surface area contributed by atoms with E-state index in [0.29, 0.717) is 19.0 Å². The Bertz CT molecular complexity index is 791. The summed E-state index contributed by atoms with van der Waals surface area (Å²) in [6.45, 7) is 0.877. The monoisotopic (exact) mass is 354 g/mol. The van der Waals surface area contributed by atoms with Gasteiger partial charge >= 0.3 is 0 Å². The zero-order valence-electron chi connectivity index (χ0n) is 13.6. The van der Waals surface area contributed by atoms with Crippen LogP contribution in [-0.2, 0) is 22.7 Å². The maximum atomic E-state index is 12.1. The quantitative estimate of drug-likeness (QED) is 0.617. The summed E-state index contributed by atoms with van der Waals surface area (Å²) in [6.07, 6.45) is 5.05. The Hall–Kier alpha value is -2.57. The molecular weight excluding hydrogens is 336 g/mol. The zero-order valence-corrected chi connectivity index (χ0v) is 14.4. The van der Waals surface area contributed by atoms with Gasteiger partial charge in [0.05, 0.1) is 18.6 Å². The normalized spacial score (nSPS) is 10.6. The van der Waals surface area contributed by atoms with Gasteiger partial charge in [-0.25, -0.2) is 0 Å². The number of hydrogen-bond donors (Lipinski definition) is 1. The first kappa shape index (κ1) is 17.3. The average molecular weight is 354 g/mol. The summed E-state index contributed by atoms with van der Waals surface area (Å²) in [7, 11) is 0. The van der Waals surface area contributed by atoms with E-state index in [2.05, 4.69) is 10.3 Å². The topological polar surface area (TPSA) is 64.4 Å². The van der Waals surface area contributed by atoms with Gasteiger partial charge in [0.1, 0.15) is 12.4 Å². The molecule has 0 saturated carbocycles. The van der Waals surface area contributed by atoms with Crippen LogP contribution in [0.15, 0.2) is 76.5 Å². The van der Waals surface area contributed by atoms with Gasteiger partial charge in [-0.15, -0.1) is 11.8 Å². The molecule has 0 aliphatic carbocycles. The first-order valence-corrected chi connectivity index (χ1v) is 8.80. The number of carbonyl (C=O) groups is 1. The predicted molar refractivity (Wildman–Crippen MR) is 97.2 cm³/mol. The molecule has 0 aliphatic rings. The van der Waals surface area contributed by atoms with Crippen LogP contribution in [0.3, 0.4) is 0 Å². The summed E-state index contributed by atoms with van der Waals surface area (Å²) in [5.41, 5.74) is 1.76. The van der Waals surface area contributed by atoms with Gasteiger partial charge in [-0.3, -0.25) is 9.78 Å². The molecule has 0 spiro atoms. The van der Waals surface area contributed by atoms with E-state index in [0.717, 1.165) is 21.9 Å². The second-order valence-electron chi connectivity index (χ2n) is 5.29. The summed E-state index contributed by atoms with van der Waals surface area (Å²) in [5, 5.41) is 2.91. The second-order valence-corrected chi connectivity index (χ2v) is 6.34. The number of anilines is 1. The van der Waals surface area contributed by atoms with Crippen LogP contribution in [0, 0.1) is 0 Å². The molecule has 0 aliphatic heterocycles. The second kappa shape index (κ2) is 9.05. The van der Waals surface area contributed by atoms with E-state index in [1.165, 1.54) is 11.8 Å². The Morgan fingerprint density at radius 3 is 2.80 bits per heavy atom. The van der Waals surface area contributed by atoms with Crippen molar-refractivity contribution in [2.75, 3.05) is 11.1 Å². The Labute approximate surface area is 150 Å². The Morgan fingerprint density at radius 2 is 2.00 bits per heavy atom. The molecule has 0 atom stereocenters. The van der Waals surface area contributed by atoms with Crippen LogP contribution in [-0.4, -0.2) is 16.6 Å². The number of benzene rings is 1. The molecule has 3 aromatic rings. The van der Waals surface area contributed by atoms with Gasteiger partial charge in [0.2, 0.25) is 5.91 Å². The Morgan fingerprint density at radius 1 is 1.12 bits per heavy atom. The van der Waals surface area contributed by atoms with Gasteiger partial charge in [0, 0.05) is 23.0 Å². The van der Waals surface area contributed by atoms with Crippen molar-refractivity contribution >= 4 is 23.4 Å². The molecule has 1 N–H and O–H groups in total. The van der Waals surface area contributed by atoms with Crippen molar-refractivity contribution in [3.8, 4) is 0 Å². The highest BCUT2D eigenvalue weighted by Crippen LogP contribution is 2.17. The third kappa shape index (κ3) is 5.77. The largest absolute Gasteiger partial charge is 0.467 e. The minimum absolute atomic E-state index is 0.0459. The Balaban J connectivity index is 1.46. The molecule has 6 heteroatoms. The lowest BCUT2D eigenvalue weighted by Crippen LogP contribution is -2.14. The smallest absolute Gasteiger partial charge is 0.234 e. The first-order chi connectivity index (χ1) is 12.3. The fraction of sp³-hybridized carbons (Fsp3) is 0.158. The zero-order chi connectivity index (χ0) is 17.3. The summed E-state index contributed by atoms with van der Waals surface area (Å²) < 4.78 is 10.8. The van der Waals surface area contributed by atoms with E-state index in [4.69, 9.17) is 9.15 Å². The molecule has 3 rings (SSSR count). The van der Waals surface area contributed by atoms with Gasteiger partial charge in [0.15, 0.2) is 0 Å². The molecule has 1 amide bonds. The van der Waals surface area contributed by atoms with Gasteiger partial charge in [-0.1, -0.05) is 12.1 Å². The lowest BCUT2D eigenvalue weighted by Gasteiger charge is -2.08. The van der Waals surface area contributed by atoms with Crippen molar-refractivity contribution in [2.24, 2.45) is 0 Å². The highest BCUT2D eigenvalue weighted by Gasteiger charge is 2.05. The Kier molecular flexibility index (Phi) is 6.25. The number of nitrogens with zero attached hydrogens (tertiary/aromatic N) is 1. The SMILES string of the molecule is O=C(CSc1ccncc1)Nc1cccc(COCc2ccco2)c1. The lowest BCUT2D eigenvalue weighted by atomic mass is 10.2. The summed E-state index contributed by atoms with van der Waals surface area (Å²) >= 11 is 1.48. The minimum atomic E-state index is -0.0459. The number of aromatic nitrogens is 1. The molecule has 2 heterocycles. The molecule has 0 unspecified atom stereocenters. The number of amides is 1. The van der Waals surface area contributed by atoms with Gasteiger partial charge in [-0.05, 0) is 42.0 Å². The van der Waals surface area contributed by atoms with E-state index in [1.807, 2.05) is 48.5 Å². The highest BCUT2D eigenvalue weighted by molar-refractivity contribution is 8.00. The standard InChI is InChI=1S/C19H18N2O3S/c22-19(14-25-18-6-8-20-9-7-18)21-16-4-1-3-15(11-16)12-23-13-17-5-2-10-24-17/h1-11H,12-14H2,(H,21,22). The van der Waals surface area contributed by atoms with E-state index in [9.17, 15) is 4.79 Å². The number of rotatable bonds is 8. The van der Waals surface area contributed by atoms with Crippen molar-refractivity contribution in [2.45, 2.75) is 18.1 Å². The third-order valence-corrected chi connectivity index (χ3v) is 4.34. The number of carbonyl (C=O) groups excluding carboxylic acids is 1. The number of hydrogen-bond acceptors (Lipinski definition) is 5. The molecule has 0 fully saturated rings. The van der Waals surface area contributed by atoms with Crippen LogP contribution in [0.5, 0.6) is 0 Å². The highest BCUT2D eigenvalue weighted by atomic mass is 32.2. The number of pyridine rings is 1. The number of nitrogens with one attached hydrogen (secondary N) is 1. The van der Waals surface area contributed by atoms with Crippen molar-refractivity contribution in [3.63, 3.8) is 0 Å². The van der Waals surface area contributed by atoms with E-state index >= 15 is 0 Å². The summed E-state index contributed by atoms with van der Waals surface area (Å²) in [5.74, 6) is 1.09. The summed E-state index contributed by atoms with van der Waals surface area (Å²) in [4.78, 5) is 17.1. The molecule has 0 saturated heterocycles.